The molecule has 2 aliphatic heterocycles. The maximum absolute atomic E-state index is 5.95. The van der Waals surface area contributed by atoms with Gasteiger partial charge in [-0.05, 0) is 19.3 Å². The van der Waals surface area contributed by atoms with E-state index >= 15 is 0 Å². The highest BCUT2D eigenvalue weighted by Gasteiger charge is 2.32. The predicted octanol–water partition coefficient (Wildman–Crippen LogP) is 0.796. The van der Waals surface area contributed by atoms with Gasteiger partial charge in [0.25, 0.3) is 0 Å². The molecule has 1 saturated heterocycles. The number of ether oxygens (including phenoxy) is 1. The van der Waals surface area contributed by atoms with Crippen LogP contribution in [0.15, 0.2) is 0 Å². The molecule has 0 saturated carbocycles. The van der Waals surface area contributed by atoms with Gasteiger partial charge in [-0.15, -0.1) is 0 Å². The van der Waals surface area contributed by atoms with Crippen molar-refractivity contribution >= 4 is 0 Å². The Morgan fingerprint density at radius 3 is 2.76 bits per heavy atom. The summed E-state index contributed by atoms with van der Waals surface area (Å²) < 4.78 is 7.50. The van der Waals surface area contributed by atoms with E-state index in [1.165, 1.54) is 0 Å². The normalized spacial score (nSPS) is 30.3. The molecule has 0 bridgehead atoms. The average Bonchev–Trinajstić information content (AvgIpc) is 2.91. The number of morpholine rings is 1. The molecule has 3 unspecified atom stereocenters. The smallest absolute Gasteiger partial charge is 0.152 e. The molecule has 2 aliphatic rings. The van der Waals surface area contributed by atoms with Gasteiger partial charge in [0.2, 0.25) is 0 Å². The standard InChI is InChI=1S/C15H27N5O/c1-11-9-12(2)20-15(13(11)10-16)17-14(18-20)3-4-19-5-7-21-8-6-19/h11-13H,3-10,16H2,1-2H3. The Morgan fingerprint density at radius 2 is 2.05 bits per heavy atom. The SMILES string of the molecule is CC1CC(C)n2nc(CCN3CCOCC3)nc2C1CN. The molecule has 21 heavy (non-hydrogen) atoms. The molecule has 0 aromatic carbocycles. The van der Waals surface area contributed by atoms with Gasteiger partial charge < -0.3 is 10.5 Å². The predicted molar refractivity (Wildman–Crippen MR) is 81.3 cm³/mol. The highest BCUT2D eigenvalue weighted by molar-refractivity contribution is 5.08. The summed E-state index contributed by atoms with van der Waals surface area (Å²) >= 11 is 0. The monoisotopic (exact) mass is 293 g/mol. The molecule has 1 aromatic heterocycles. The molecule has 1 fully saturated rings. The van der Waals surface area contributed by atoms with Crippen LogP contribution in [0.25, 0.3) is 0 Å². The summed E-state index contributed by atoms with van der Waals surface area (Å²) in [6, 6.07) is 0.433. The Bertz CT molecular complexity index is 469. The van der Waals surface area contributed by atoms with Crippen LogP contribution in [0.3, 0.4) is 0 Å². The lowest BCUT2D eigenvalue weighted by Gasteiger charge is -2.31. The number of hydrogen-bond donors (Lipinski definition) is 1. The Kier molecular flexibility index (Phi) is 4.57. The number of rotatable bonds is 4. The third-order valence-corrected chi connectivity index (χ3v) is 4.86. The van der Waals surface area contributed by atoms with Crippen molar-refractivity contribution in [3.63, 3.8) is 0 Å². The highest BCUT2D eigenvalue weighted by Crippen LogP contribution is 2.35. The molecule has 0 amide bonds. The van der Waals surface area contributed by atoms with Crippen molar-refractivity contribution < 1.29 is 4.74 Å². The third kappa shape index (κ3) is 3.12. The molecular weight excluding hydrogens is 266 g/mol. The first-order valence-electron chi connectivity index (χ1n) is 8.14. The van der Waals surface area contributed by atoms with Crippen molar-refractivity contribution in [2.45, 2.75) is 38.6 Å². The second-order valence-electron chi connectivity index (χ2n) is 6.44. The summed E-state index contributed by atoms with van der Waals surface area (Å²) in [5, 5.41) is 4.74. The van der Waals surface area contributed by atoms with E-state index in [-0.39, 0.29) is 0 Å². The van der Waals surface area contributed by atoms with Crippen molar-refractivity contribution in [2.75, 3.05) is 39.4 Å². The summed E-state index contributed by atoms with van der Waals surface area (Å²) in [6.45, 7) is 9.92. The van der Waals surface area contributed by atoms with Crippen LogP contribution in [0.5, 0.6) is 0 Å². The topological polar surface area (TPSA) is 69.2 Å². The third-order valence-electron chi connectivity index (χ3n) is 4.86. The minimum Gasteiger partial charge on any atom is -0.379 e. The summed E-state index contributed by atoms with van der Waals surface area (Å²) in [7, 11) is 0. The lowest BCUT2D eigenvalue weighted by molar-refractivity contribution is 0.0382. The summed E-state index contributed by atoms with van der Waals surface area (Å²) in [5.74, 6) is 3.01. The molecule has 0 aliphatic carbocycles. The van der Waals surface area contributed by atoms with Gasteiger partial charge in [-0.2, -0.15) is 5.10 Å². The molecule has 6 nitrogen and oxygen atoms in total. The van der Waals surface area contributed by atoms with Gasteiger partial charge in [0, 0.05) is 38.5 Å². The average molecular weight is 293 g/mol. The zero-order chi connectivity index (χ0) is 14.8. The van der Waals surface area contributed by atoms with Crippen molar-refractivity contribution in [3.8, 4) is 0 Å². The van der Waals surface area contributed by atoms with Crippen molar-refractivity contribution in [1.29, 1.82) is 0 Å². The van der Waals surface area contributed by atoms with Crippen LogP contribution in [-0.4, -0.2) is 59.1 Å². The first-order valence-corrected chi connectivity index (χ1v) is 8.14. The van der Waals surface area contributed by atoms with Gasteiger partial charge >= 0.3 is 0 Å². The molecule has 3 atom stereocenters. The Labute approximate surface area is 126 Å². The molecule has 6 heteroatoms. The molecular formula is C15H27N5O. The number of hydrogen-bond acceptors (Lipinski definition) is 5. The van der Waals surface area contributed by atoms with Crippen LogP contribution in [0.4, 0.5) is 0 Å². The zero-order valence-corrected chi connectivity index (χ0v) is 13.2. The summed E-state index contributed by atoms with van der Waals surface area (Å²) in [5.41, 5.74) is 5.95. The fourth-order valence-electron chi connectivity index (χ4n) is 3.54. The second-order valence-corrected chi connectivity index (χ2v) is 6.44. The molecule has 0 spiro atoms. The van der Waals surface area contributed by atoms with Crippen LogP contribution in [-0.2, 0) is 11.2 Å². The van der Waals surface area contributed by atoms with E-state index in [0.717, 1.165) is 57.3 Å². The zero-order valence-electron chi connectivity index (χ0n) is 13.2. The van der Waals surface area contributed by atoms with Gasteiger partial charge in [0.15, 0.2) is 5.82 Å². The Balaban J connectivity index is 1.69. The van der Waals surface area contributed by atoms with E-state index in [1.54, 1.807) is 0 Å². The summed E-state index contributed by atoms with van der Waals surface area (Å²) in [4.78, 5) is 7.23. The minimum atomic E-state index is 0.353. The van der Waals surface area contributed by atoms with Gasteiger partial charge in [-0.25, -0.2) is 9.67 Å². The number of nitrogens with zero attached hydrogens (tertiary/aromatic N) is 4. The maximum atomic E-state index is 5.95. The van der Waals surface area contributed by atoms with Crippen molar-refractivity contribution in [1.82, 2.24) is 19.7 Å². The molecule has 3 heterocycles. The van der Waals surface area contributed by atoms with Crippen molar-refractivity contribution in [2.24, 2.45) is 11.7 Å². The molecule has 118 valence electrons. The molecule has 3 rings (SSSR count). The largest absolute Gasteiger partial charge is 0.379 e. The first kappa shape index (κ1) is 14.9. The quantitative estimate of drug-likeness (QED) is 0.889. The Morgan fingerprint density at radius 1 is 1.29 bits per heavy atom. The van der Waals surface area contributed by atoms with Crippen LogP contribution >= 0.6 is 0 Å². The lowest BCUT2D eigenvalue weighted by Crippen LogP contribution is -2.37. The lowest BCUT2D eigenvalue weighted by atomic mass is 9.85. The maximum Gasteiger partial charge on any atom is 0.152 e. The Hall–Kier alpha value is -0.980. The van der Waals surface area contributed by atoms with Gasteiger partial charge in [0.1, 0.15) is 5.82 Å². The van der Waals surface area contributed by atoms with E-state index < -0.39 is 0 Å². The number of nitrogens with two attached hydrogens (primary N) is 1. The van der Waals surface area contributed by atoms with Crippen molar-refractivity contribution in [3.05, 3.63) is 11.6 Å². The summed E-state index contributed by atoms with van der Waals surface area (Å²) in [6.07, 6.45) is 2.06. The molecule has 0 radical (unpaired) electrons. The van der Waals surface area contributed by atoms with E-state index in [0.29, 0.717) is 24.4 Å². The molecule has 1 aromatic rings. The van der Waals surface area contributed by atoms with Gasteiger partial charge in [-0.3, -0.25) is 4.90 Å². The number of aromatic nitrogens is 3. The fraction of sp³-hybridized carbons (Fsp3) is 0.867. The van der Waals surface area contributed by atoms with Crippen LogP contribution < -0.4 is 5.73 Å². The first-order chi connectivity index (χ1) is 10.2. The van der Waals surface area contributed by atoms with E-state index in [4.69, 9.17) is 20.6 Å². The van der Waals surface area contributed by atoms with Gasteiger partial charge in [-0.1, -0.05) is 6.92 Å². The van der Waals surface area contributed by atoms with E-state index in [1.807, 2.05) is 0 Å². The fourth-order valence-corrected chi connectivity index (χ4v) is 3.54. The number of fused-ring (bicyclic) bond motifs is 1. The van der Waals surface area contributed by atoms with Crippen LogP contribution in [0, 0.1) is 5.92 Å². The van der Waals surface area contributed by atoms with Gasteiger partial charge in [0.05, 0.1) is 19.3 Å². The minimum absolute atomic E-state index is 0.353. The van der Waals surface area contributed by atoms with Crippen LogP contribution in [0.2, 0.25) is 0 Å². The highest BCUT2D eigenvalue weighted by atomic mass is 16.5. The molecule has 2 N–H and O–H groups in total. The van der Waals surface area contributed by atoms with E-state index in [9.17, 15) is 0 Å². The second kappa shape index (κ2) is 6.42. The van der Waals surface area contributed by atoms with Crippen LogP contribution in [0.1, 0.15) is 43.9 Å². The van der Waals surface area contributed by atoms with E-state index in [2.05, 4.69) is 23.4 Å².